The van der Waals surface area contributed by atoms with Gasteiger partial charge in [0.25, 0.3) is 5.66 Å². The summed E-state index contributed by atoms with van der Waals surface area (Å²) < 4.78 is 0.939. The molecule has 1 aliphatic heterocycles. The van der Waals surface area contributed by atoms with E-state index in [1.807, 2.05) is 55.6 Å². The van der Waals surface area contributed by atoms with Crippen molar-refractivity contribution in [2.75, 3.05) is 0 Å². The normalized spacial score (nSPS) is 26.6. The van der Waals surface area contributed by atoms with Crippen molar-refractivity contribution in [1.82, 2.24) is 5.06 Å². The topological polar surface area (TPSA) is 49.5 Å². The lowest BCUT2D eigenvalue weighted by atomic mass is 10.0. The summed E-state index contributed by atoms with van der Waals surface area (Å²) in [6.45, 7) is 5.60. The SMILES string of the molecule is Cc1ccc([C@]2(C)N(O)[C@@H](C)C(c3cccs3)=[N+]2[O-])cc1. The summed E-state index contributed by atoms with van der Waals surface area (Å²) >= 11 is 1.51. The maximum Gasteiger partial charge on any atom is 0.274 e. The lowest BCUT2D eigenvalue weighted by molar-refractivity contribution is -0.595. The molecule has 0 spiro atoms. The molecule has 0 saturated heterocycles. The van der Waals surface area contributed by atoms with Gasteiger partial charge in [-0.25, -0.2) is 0 Å². The zero-order valence-corrected chi connectivity index (χ0v) is 13.1. The number of thiophene rings is 1. The summed E-state index contributed by atoms with van der Waals surface area (Å²) in [5.74, 6) is 0. The second kappa shape index (κ2) is 4.94. The van der Waals surface area contributed by atoms with E-state index in [0.717, 1.165) is 25.8 Å². The zero-order chi connectivity index (χ0) is 15.2. The van der Waals surface area contributed by atoms with Crippen LogP contribution in [-0.2, 0) is 5.66 Å². The smallest absolute Gasteiger partial charge is 0.274 e. The van der Waals surface area contributed by atoms with Crippen LogP contribution in [0.15, 0.2) is 41.8 Å². The van der Waals surface area contributed by atoms with Gasteiger partial charge < -0.3 is 10.4 Å². The van der Waals surface area contributed by atoms with Crippen molar-refractivity contribution in [2.45, 2.75) is 32.5 Å². The molecule has 1 N–H and O–H groups in total. The van der Waals surface area contributed by atoms with Crippen molar-refractivity contribution in [3.8, 4) is 0 Å². The van der Waals surface area contributed by atoms with Crippen LogP contribution >= 0.6 is 11.3 Å². The lowest BCUT2D eigenvalue weighted by Gasteiger charge is -2.29. The number of nitrogens with zero attached hydrogens (tertiary/aromatic N) is 2. The molecule has 0 bridgehead atoms. The molecule has 0 amide bonds. The zero-order valence-electron chi connectivity index (χ0n) is 12.3. The summed E-state index contributed by atoms with van der Waals surface area (Å²) in [5.41, 5.74) is 1.41. The van der Waals surface area contributed by atoms with Crippen LogP contribution in [0.5, 0.6) is 0 Å². The molecule has 0 fully saturated rings. The van der Waals surface area contributed by atoms with Crippen molar-refractivity contribution in [1.29, 1.82) is 0 Å². The van der Waals surface area contributed by atoms with Crippen molar-refractivity contribution in [2.24, 2.45) is 0 Å². The molecule has 0 saturated carbocycles. The van der Waals surface area contributed by atoms with E-state index < -0.39 is 5.66 Å². The van der Waals surface area contributed by atoms with E-state index >= 15 is 0 Å². The fraction of sp³-hybridized carbons (Fsp3) is 0.312. The van der Waals surface area contributed by atoms with E-state index in [4.69, 9.17) is 0 Å². The van der Waals surface area contributed by atoms with Gasteiger partial charge in [0.1, 0.15) is 6.04 Å². The van der Waals surface area contributed by atoms with Crippen LogP contribution in [0.2, 0.25) is 0 Å². The van der Waals surface area contributed by atoms with Crippen LogP contribution in [0, 0.1) is 12.1 Å². The number of hydrogen-bond acceptors (Lipinski definition) is 4. The monoisotopic (exact) mass is 302 g/mol. The number of hydroxylamine groups is 3. The highest BCUT2D eigenvalue weighted by Crippen LogP contribution is 2.37. The fourth-order valence-corrected chi connectivity index (χ4v) is 3.67. The maximum atomic E-state index is 12.9. The number of hydrogen-bond donors (Lipinski definition) is 1. The Balaban J connectivity index is 2.16. The van der Waals surface area contributed by atoms with E-state index in [1.165, 1.54) is 11.3 Å². The highest BCUT2D eigenvalue weighted by molar-refractivity contribution is 7.12. The minimum Gasteiger partial charge on any atom is -0.622 e. The Morgan fingerprint density at radius 3 is 2.52 bits per heavy atom. The van der Waals surface area contributed by atoms with E-state index in [0.29, 0.717) is 5.71 Å². The largest absolute Gasteiger partial charge is 0.622 e. The molecular weight excluding hydrogens is 284 g/mol. The second-order valence-electron chi connectivity index (χ2n) is 5.56. The molecule has 2 heterocycles. The van der Waals surface area contributed by atoms with Gasteiger partial charge in [0.05, 0.1) is 4.88 Å². The molecular formula is C16H18N2O2S. The van der Waals surface area contributed by atoms with Crippen LogP contribution < -0.4 is 0 Å². The maximum absolute atomic E-state index is 12.9. The molecule has 5 heteroatoms. The lowest BCUT2D eigenvalue weighted by Crippen LogP contribution is -2.45. The van der Waals surface area contributed by atoms with E-state index in [1.54, 1.807) is 6.92 Å². The molecule has 21 heavy (non-hydrogen) atoms. The Morgan fingerprint density at radius 2 is 1.95 bits per heavy atom. The van der Waals surface area contributed by atoms with Gasteiger partial charge in [0, 0.05) is 12.5 Å². The van der Waals surface area contributed by atoms with Crippen molar-refractivity contribution >= 4 is 17.0 Å². The summed E-state index contributed by atoms with van der Waals surface area (Å²) in [5, 5.41) is 26.6. The molecule has 2 atom stereocenters. The minimum atomic E-state index is -1.10. The van der Waals surface area contributed by atoms with Crippen LogP contribution in [0.25, 0.3) is 0 Å². The van der Waals surface area contributed by atoms with Crippen LogP contribution in [-0.4, -0.2) is 26.8 Å². The molecule has 4 nitrogen and oxygen atoms in total. The molecule has 2 aromatic rings. The Morgan fingerprint density at radius 1 is 1.29 bits per heavy atom. The number of benzene rings is 1. The fourth-order valence-electron chi connectivity index (χ4n) is 2.84. The summed E-state index contributed by atoms with van der Waals surface area (Å²) in [6.07, 6.45) is 0. The van der Waals surface area contributed by atoms with E-state index in [2.05, 4.69) is 0 Å². The third-order valence-corrected chi connectivity index (χ3v) is 5.09. The van der Waals surface area contributed by atoms with E-state index in [9.17, 15) is 10.4 Å². The summed E-state index contributed by atoms with van der Waals surface area (Å²) in [6, 6.07) is 11.2. The van der Waals surface area contributed by atoms with Crippen molar-refractivity contribution in [3.63, 3.8) is 0 Å². The van der Waals surface area contributed by atoms with E-state index in [-0.39, 0.29) is 6.04 Å². The first-order valence-electron chi connectivity index (χ1n) is 6.89. The number of rotatable bonds is 2. The number of aryl methyl sites for hydroxylation is 1. The molecule has 0 aliphatic carbocycles. The predicted molar refractivity (Wildman–Crippen MR) is 83.7 cm³/mol. The van der Waals surface area contributed by atoms with Crippen LogP contribution in [0.4, 0.5) is 0 Å². The average molecular weight is 302 g/mol. The van der Waals surface area contributed by atoms with Crippen LogP contribution in [0.1, 0.15) is 29.9 Å². The third-order valence-electron chi connectivity index (χ3n) is 4.20. The quantitative estimate of drug-likeness (QED) is 0.684. The molecule has 3 rings (SSSR count). The van der Waals surface area contributed by atoms with Gasteiger partial charge in [-0.15, -0.1) is 16.4 Å². The van der Waals surface area contributed by atoms with Crippen molar-refractivity contribution in [3.05, 3.63) is 63.0 Å². The third kappa shape index (κ3) is 2.00. The Bertz CT molecular complexity index is 679. The predicted octanol–water partition coefficient (Wildman–Crippen LogP) is 3.32. The molecule has 1 aromatic heterocycles. The highest BCUT2D eigenvalue weighted by Gasteiger charge is 2.54. The van der Waals surface area contributed by atoms with Gasteiger partial charge in [-0.3, -0.25) is 0 Å². The first-order chi connectivity index (χ1) is 9.96. The molecule has 110 valence electrons. The second-order valence-corrected chi connectivity index (χ2v) is 6.51. The van der Waals surface area contributed by atoms with Gasteiger partial charge in [0.2, 0.25) is 5.71 Å². The van der Waals surface area contributed by atoms with Gasteiger partial charge in [-0.05, 0) is 25.3 Å². The standard InChI is InChI=1S/C16H18N2O2S/c1-11-6-8-13(9-7-11)16(3)17(19)12(2)15(18(16)20)14-5-4-10-21-14/h4-10,12,19H,1-3H3/t12-,16+/m0/s1. The summed E-state index contributed by atoms with van der Waals surface area (Å²) in [7, 11) is 0. The van der Waals surface area contributed by atoms with Crippen LogP contribution in [0.3, 0.4) is 0 Å². The molecule has 1 aromatic carbocycles. The average Bonchev–Trinajstić information content (AvgIpc) is 3.04. The summed E-state index contributed by atoms with van der Waals surface area (Å²) in [4.78, 5) is 0.896. The Labute approximate surface area is 128 Å². The minimum absolute atomic E-state index is 0.354. The highest BCUT2D eigenvalue weighted by atomic mass is 32.1. The van der Waals surface area contributed by atoms with Gasteiger partial charge in [-0.1, -0.05) is 35.9 Å². The molecule has 0 unspecified atom stereocenters. The van der Waals surface area contributed by atoms with Gasteiger partial charge in [0.15, 0.2) is 0 Å². The van der Waals surface area contributed by atoms with Gasteiger partial charge >= 0.3 is 0 Å². The van der Waals surface area contributed by atoms with Gasteiger partial charge in [-0.2, -0.15) is 4.74 Å². The Kier molecular flexibility index (Phi) is 3.36. The molecule has 0 radical (unpaired) electrons. The Hall–Kier alpha value is -1.69. The first kappa shape index (κ1) is 14.3. The first-order valence-corrected chi connectivity index (χ1v) is 7.77. The van der Waals surface area contributed by atoms with Crippen molar-refractivity contribution < 1.29 is 9.95 Å². The molecule has 1 aliphatic rings.